The standard InChI is InChI=1S/C26H28N8O/c1-5-33-24(35)20-15-30-25(31-19-7-6-17-13-28-9-8-16(17)10-19)32-23(20)34(33)21-11-22(26(2,3)4)29-14-18(21)12-27/h6-7,10-11,14-15,28H,5,8-9,13H2,1-4H3,(H,30,31,32). The summed E-state index contributed by atoms with van der Waals surface area (Å²) in [4.78, 5) is 26.8. The van der Waals surface area contributed by atoms with Gasteiger partial charge in [-0.15, -0.1) is 0 Å². The van der Waals surface area contributed by atoms with Crippen molar-refractivity contribution in [3.63, 3.8) is 0 Å². The maximum Gasteiger partial charge on any atom is 0.278 e. The molecule has 35 heavy (non-hydrogen) atoms. The molecular formula is C26H28N8O. The minimum Gasteiger partial charge on any atom is -0.324 e. The monoisotopic (exact) mass is 468 g/mol. The molecule has 4 heterocycles. The lowest BCUT2D eigenvalue weighted by Crippen LogP contribution is -2.23. The van der Waals surface area contributed by atoms with Gasteiger partial charge in [0.05, 0.1) is 11.3 Å². The van der Waals surface area contributed by atoms with Gasteiger partial charge in [0.1, 0.15) is 11.5 Å². The van der Waals surface area contributed by atoms with E-state index < -0.39 is 0 Å². The highest BCUT2D eigenvalue weighted by Gasteiger charge is 2.23. The van der Waals surface area contributed by atoms with E-state index in [0.29, 0.717) is 34.8 Å². The van der Waals surface area contributed by atoms with Crippen LogP contribution in [0.2, 0.25) is 0 Å². The molecule has 9 nitrogen and oxygen atoms in total. The molecule has 0 atom stereocenters. The van der Waals surface area contributed by atoms with Gasteiger partial charge in [0.2, 0.25) is 5.95 Å². The molecule has 0 aliphatic carbocycles. The van der Waals surface area contributed by atoms with Crippen molar-refractivity contribution in [1.82, 2.24) is 29.6 Å². The molecule has 1 aliphatic rings. The summed E-state index contributed by atoms with van der Waals surface area (Å²) in [5.74, 6) is 0.386. The highest BCUT2D eigenvalue weighted by Crippen LogP contribution is 2.27. The van der Waals surface area contributed by atoms with Gasteiger partial charge in [-0.05, 0) is 49.2 Å². The van der Waals surface area contributed by atoms with Crippen LogP contribution < -0.4 is 16.2 Å². The molecule has 0 bridgehead atoms. The molecule has 9 heteroatoms. The Bertz CT molecular complexity index is 1530. The Morgan fingerprint density at radius 3 is 2.74 bits per heavy atom. The van der Waals surface area contributed by atoms with Crippen molar-refractivity contribution in [3.8, 4) is 11.8 Å². The van der Waals surface area contributed by atoms with Crippen molar-refractivity contribution in [2.24, 2.45) is 0 Å². The number of aromatic nitrogens is 5. The summed E-state index contributed by atoms with van der Waals surface area (Å²) < 4.78 is 3.30. The summed E-state index contributed by atoms with van der Waals surface area (Å²) in [5, 5.41) is 16.9. The zero-order valence-corrected chi connectivity index (χ0v) is 20.4. The number of anilines is 2. The molecule has 178 valence electrons. The van der Waals surface area contributed by atoms with Gasteiger partial charge >= 0.3 is 0 Å². The largest absolute Gasteiger partial charge is 0.324 e. The molecule has 0 fully saturated rings. The van der Waals surface area contributed by atoms with Crippen LogP contribution >= 0.6 is 0 Å². The first kappa shape index (κ1) is 22.7. The molecule has 2 N–H and O–H groups in total. The normalized spacial score (nSPS) is 13.5. The number of nitrogens with one attached hydrogen (secondary N) is 2. The Kier molecular flexibility index (Phi) is 5.61. The van der Waals surface area contributed by atoms with Gasteiger partial charge in [0, 0.05) is 42.3 Å². The van der Waals surface area contributed by atoms with E-state index in [2.05, 4.69) is 59.6 Å². The van der Waals surface area contributed by atoms with Crippen LogP contribution in [-0.2, 0) is 24.9 Å². The van der Waals surface area contributed by atoms with Crippen molar-refractivity contribution in [2.75, 3.05) is 11.9 Å². The molecule has 0 unspecified atom stereocenters. The number of hydrogen-bond acceptors (Lipinski definition) is 7. The fourth-order valence-electron chi connectivity index (χ4n) is 4.42. The van der Waals surface area contributed by atoms with Crippen molar-refractivity contribution in [2.45, 2.75) is 52.6 Å². The number of pyridine rings is 1. The Labute approximate surface area is 203 Å². The molecule has 0 amide bonds. The van der Waals surface area contributed by atoms with Gasteiger partial charge in [0.25, 0.3) is 5.56 Å². The number of fused-ring (bicyclic) bond motifs is 2. The highest BCUT2D eigenvalue weighted by atomic mass is 16.1. The van der Waals surface area contributed by atoms with Gasteiger partial charge in [0.15, 0.2) is 5.65 Å². The highest BCUT2D eigenvalue weighted by molar-refractivity contribution is 5.78. The second kappa shape index (κ2) is 8.64. The Hall–Kier alpha value is -4.03. The zero-order valence-electron chi connectivity index (χ0n) is 20.4. The van der Waals surface area contributed by atoms with Crippen LogP contribution in [0.1, 0.15) is 50.1 Å². The van der Waals surface area contributed by atoms with Gasteiger partial charge in [-0.2, -0.15) is 10.2 Å². The van der Waals surface area contributed by atoms with Crippen LogP contribution in [0.5, 0.6) is 0 Å². The van der Waals surface area contributed by atoms with Crippen LogP contribution in [0.3, 0.4) is 0 Å². The molecular weight excluding hydrogens is 440 g/mol. The zero-order chi connectivity index (χ0) is 24.7. The summed E-state index contributed by atoms with van der Waals surface area (Å²) in [6.45, 7) is 10.3. The molecule has 4 aromatic rings. The maximum atomic E-state index is 13.2. The molecule has 5 rings (SSSR count). The predicted octanol–water partition coefficient (Wildman–Crippen LogP) is 3.56. The fraction of sp³-hybridized carbons (Fsp3) is 0.346. The van der Waals surface area contributed by atoms with Gasteiger partial charge in [-0.25, -0.2) is 14.3 Å². The number of rotatable bonds is 4. The molecule has 3 aromatic heterocycles. The summed E-state index contributed by atoms with van der Waals surface area (Å²) >= 11 is 0. The fourth-order valence-corrected chi connectivity index (χ4v) is 4.42. The Morgan fingerprint density at radius 1 is 1.17 bits per heavy atom. The second-order valence-corrected chi connectivity index (χ2v) is 9.75. The lowest BCUT2D eigenvalue weighted by molar-refractivity contribution is 0.556. The van der Waals surface area contributed by atoms with Gasteiger partial charge < -0.3 is 10.6 Å². The average Bonchev–Trinajstić information content (AvgIpc) is 3.13. The van der Waals surface area contributed by atoms with Crippen LogP contribution in [0, 0.1) is 11.3 Å². The maximum absolute atomic E-state index is 13.2. The van der Waals surface area contributed by atoms with Crippen molar-refractivity contribution in [1.29, 1.82) is 5.26 Å². The molecule has 0 spiro atoms. The van der Waals surface area contributed by atoms with Crippen molar-refractivity contribution < 1.29 is 0 Å². The third kappa shape index (κ3) is 4.06. The molecule has 0 saturated carbocycles. The summed E-state index contributed by atoms with van der Waals surface area (Å²) in [6, 6.07) is 10.3. The Morgan fingerprint density at radius 2 is 2.00 bits per heavy atom. The Balaban J connectivity index is 1.66. The van der Waals surface area contributed by atoms with E-state index in [9.17, 15) is 10.1 Å². The smallest absolute Gasteiger partial charge is 0.278 e. The first-order chi connectivity index (χ1) is 16.8. The van der Waals surface area contributed by atoms with Crippen molar-refractivity contribution in [3.05, 3.63) is 69.4 Å². The predicted molar refractivity (Wildman–Crippen MR) is 135 cm³/mol. The van der Waals surface area contributed by atoms with E-state index in [1.807, 2.05) is 19.1 Å². The van der Waals surface area contributed by atoms with E-state index in [0.717, 1.165) is 30.9 Å². The van der Waals surface area contributed by atoms with E-state index >= 15 is 0 Å². The lowest BCUT2D eigenvalue weighted by Gasteiger charge is -2.20. The molecule has 1 aliphatic heterocycles. The number of benzene rings is 1. The van der Waals surface area contributed by atoms with E-state index in [4.69, 9.17) is 4.98 Å². The van der Waals surface area contributed by atoms with Crippen LogP contribution in [0.4, 0.5) is 11.6 Å². The molecule has 0 radical (unpaired) electrons. The van der Waals surface area contributed by atoms with Crippen molar-refractivity contribution >= 4 is 22.7 Å². The number of nitrogens with zero attached hydrogens (tertiary/aromatic N) is 6. The minimum absolute atomic E-state index is 0.201. The first-order valence-electron chi connectivity index (χ1n) is 11.8. The third-order valence-electron chi connectivity index (χ3n) is 6.32. The summed E-state index contributed by atoms with van der Waals surface area (Å²) in [7, 11) is 0. The number of nitriles is 1. The lowest BCUT2D eigenvalue weighted by atomic mass is 9.91. The van der Waals surface area contributed by atoms with Gasteiger partial charge in [-0.3, -0.25) is 9.78 Å². The van der Waals surface area contributed by atoms with Crippen LogP contribution in [-0.4, -0.2) is 30.9 Å². The first-order valence-corrected chi connectivity index (χ1v) is 11.8. The van der Waals surface area contributed by atoms with E-state index in [1.165, 1.54) is 11.1 Å². The number of hydrogen-bond donors (Lipinski definition) is 2. The molecule has 0 saturated heterocycles. The van der Waals surface area contributed by atoms with E-state index in [1.54, 1.807) is 21.8 Å². The third-order valence-corrected chi connectivity index (χ3v) is 6.32. The summed E-state index contributed by atoms with van der Waals surface area (Å²) in [5.41, 5.74) is 5.27. The minimum atomic E-state index is -0.229. The van der Waals surface area contributed by atoms with Crippen LogP contribution in [0.25, 0.3) is 16.7 Å². The second-order valence-electron chi connectivity index (χ2n) is 9.75. The quantitative estimate of drug-likeness (QED) is 0.471. The average molecular weight is 469 g/mol. The molecule has 1 aromatic carbocycles. The van der Waals surface area contributed by atoms with Gasteiger partial charge in [-0.1, -0.05) is 26.8 Å². The van der Waals surface area contributed by atoms with Crippen LogP contribution in [0.15, 0.2) is 41.5 Å². The van der Waals surface area contributed by atoms with E-state index in [-0.39, 0.29) is 11.0 Å². The topological polar surface area (TPSA) is 113 Å². The SMILES string of the molecule is CCn1c(=O)c2cnc(Nc3ccc4c(c3)CCNC4)nc2n1-c1cc(C(C)(C)C)ncc1C#N. The summed E-state index contributed by atoms with van der Waals surface area (Å²) in [6.07, 6.45) is 4.09.